The standard InChI is InChI=1S/C17H20N6O3/c1-2-5-19-16-12(15(18)25)8-21-17(23-16)22-10-3-4-14-13(6-10)20-7-11(24)9-26-14/h2-4,6,8,11,20,24H,1,5,7,9H2,(H2,18,25)(H2,19,21,22,23)/t11-/m0/s1. The van der Waals surface area contributed by atoms with Gasteiger partial charge in [0.25, 0.3) is 5.91 Å². The molecule has 2 heterocycles. The Labute approximate surface area is 150 Å². The van der Waals surface area contributed by atoms with Gasteiger partial charge in [0.1, 0.15) is 24.3 Å². The number of anilines is 4. The lowest BCUT2D eigenvalue weighted by Gasteiger charge is -2.12. The van der Waals surface area contributed by atoms with E-state index in [1.165, 1.54) is 6.20 Å². The predicted octanol–water partition coefficient (Wildman–Crippen LogP) is 1.08. The van der Waals surface area contributed by atoms with Crippen LogP contribution < -0.4 is 26.4 Å². The van der Waals surface area contributed by atoms with E-state index in [0.717, 1.165) is 11.4 Å². The van der Waals surface area contributed by atoms with Crippen molar-refractivity contribution in [2.45, 2.75) is 6.10 Å². The van der Waals surface area contributed by atoms with E-state index < -0.39 is 12.0 Å². The zero-order chi connectivity index (χ0) is 18.5. The molecule has 0 bridgehead atoms. The van der Waals surface area contributed by atoms with Crippen LogP contribution in [0.2, 0.25) is 0 Å². The average molecular weight is 356 g/mol. The highest BCUT2D eigenvalue weighted by molar-refractivity contribution is 5.97. The molecule has 0 spiro atoms. The minimum atomic E-state index is -0.618. The van der Waals surface area contributed by atoms with Crippen LogP contribution in [0.15, 0.2) is 37.1 Å². The van der Waals surface area contributed by atoms with E-state index in [9.17, 15) is 9.90 Å². The van der Waals surface area contributed by atoms with Crippen LogP contribution in [0, 0.1) is 0 Å². The smallest absolute Gasteiger partial charge is 0.254 e. The molecular formula is C17H20N6O3. The number of benzene rings is 1. The van der Waals surface area contributed by atoms with Gasteiger partial charge in [-0.3, -0.25) is 4.79 Å². The summed E-state index contributed by atoms with van der Waals surface area (Å²) >= 11 is 0. The molecule has 0 saturated heterocycles. The first-order valence-corrected chi connectivity index (χ1v) is 8.04. The van der Waals surface area contributed by atoms with Gasteiger partial charge in [-0.05, 0) is 18.2 Å². The SMILES string of the molecule is C=CCNc1nc(Nc2ccc3c(c2)NC[C@H](O)CO3)ncc1C(N)=O. The summed E-state index contributed by atoms with van der Waals surface area (Å²) in [6.45, 7) is 4.69. The van der Waals surface area contributed by atoms with Crippen LogP contribution in [-0.2, 0) is 0 Å². The summed E-state index contributed by atoms with van der Waals surface area (Å²) in [5.41, 5.74) is 7.02. The molecule has 9 nitrogen and oxygen atoms in total. The fourth-order valence-corrected chi connectivity index (χ4v) is 2.40. The minimum Gasteiger partial charge on any atom is -0.489 e. The molecule has 2 aromatic rings. The number of rotatable bonds is 6. The van der Waals surface area contributed by atoms with E-state index in [-0.39, 0.29) is 12.2 Å². The third kappa shape index (κ3) is 4.01. The van der Waals surface area contributed by atoms with Gasteiger partial charge in [-0.1, -0.05) is 6.08 Å². The van der Waals surface area contributed by atoms with Crippen LogP contribution in [0.25, 0.3) is 0 Å². The molecule has 0 unspecified atom stereocenters. The lowest BCUT2D eigenvalue weighted by molar-refractivity contribution is 0.100. The maximum Gasteiger partial charge on any atom is 0.254 e. The number of fused-ring (bicyclic) bond motifs is 1. The number of nitrogens with one attached hydrogen (secondary N) is 3. The Morgan fingerprint density at radius 2 is 2.38 bits per heavy atom. The third-order valence-electron chi connectivity index (χ3n) is 3.66. The molecule has 1 amide bonds. The maximum atomic E-state index is 11.5. The Morgan fingerprint density at radius 3 is 3.15 bits per heavy atom. The average Bonchev–Trinajstić information content (AvgIpc) is 2.81. The molecule has 1 atom stereocenters. The fourth-order valence-electron chi connectivity index (χ4n) is 2.40. The number of carbonyl (C=O) groups excluding carboxylic acids is 1. The Bertz CT molecular complexity index is 826. The third-order valence-corrected chi connectivity index (χ3v) is 3.66. The van der Waals surface area contributed by atoms with Crippen molar-refractivity contribution in [3.63, 3.8) is 0 Å². The van der Waals surface area contributed by atoms with Gasteiger partial charge >= 0.3 is 0 Å². The van der Waals surface area contributed by atoms with E-state index in [4.69, 9.17) is 10.5 Å². The van der Waals surface area contributed by atoms with Crippen LogP contribution in [0.3, 0.4) is 0 Å². The topological polar surface area (TPSA) is 134 Å². The summed E-state index contributed by atoms with van der Waals surface area (Å²) in [4.78, 5) is 19.9. The Balaban J connectivity index is 1.82. The number of nitrogens with two attached hydrogens (primary N) is 1. The molecule has 0 fully saturated rings. The zero-order valence-electron chi connectivity index (χ0n) is 14.0. The lowest BCUT2D eigenvalue weighted by atomic mass is 10.2. The van der Waals surface area contributed by atoms with Crippen molar-refractivity contribution in [2.75, 3.05) is 35.6 Å². The first-order chi connectivity index (χ1) is 12.6. The van der Waals surface area contributed by atoms with E-state index in [2.05, 4.69) is 32.5 Å². The molecule has 1 aliphatic heterocycles. The van der Waals surface area contributed by atoms with Gasteiger partial charge in [0.15, 0.2) is 0 Å². The van der Waals surface area contributed by atoms with Gasteiger partial charge in [0.2, 0.25) is 5.95 Å². The summed E-state index contributed by atoms with van der Waals surface area (Å²) in [7, 11) is 0. The van der Waals surface area contributed by atoms with E-state index in [0.29, 0.717) is 30.6 Å². The number of ether oxygens (including phenoxy) is 1. The minimum absolute atomic E-state index is 0.198. The van der Waals surface area contributed by atoms with Crippen LogP contribution in [-0.4, -0.2) is 46.8 Å². The molecule has 6 N–H and O–H groups in total. The Kier molecular flexibility index (Phi) is 5.18. The molecule has 9 heteroatoms. The monoisotopic (exact) mass is 356 g/mol. The van der Waals surface area contributed by atoms with Gasteiger partial charge < -0.3 is 31.5 Å². The molecule has 1 aromatic heterocycles. The first-order valence-electron chi connectivity index (χ1n) is 8.04. The summed E-state index contributed by atoms with van der Waals surface area (Å²) in [6.07, 6.45) is 2.44. The highest BCUT2D eigenvalue weighted by Gasteiger charge is 2.15. The largest absolute Gasteiger partial charge is 0.489 e. The first kappa shape index (κ1) is 17.5. The number of hydrogen-bond acceptors (Lipinski definition) is 8. The zero-order valence-corrected chi connectivity index (χ0v) is 14.0. The van der Waals surface area contributed by atoms with Crippen LogP contribution in [0.4, 0.5) is 23.1 Å². The van der Waals surface area contributed by atoms with Crippen LogP contribution in [0.1, 0.15) is 10.4 Å². The summed E-state index contributed by atoms with van der Waals surface area (Å²) in [5, 5.41) is 18.8. The predicted molar refractivity (Wildman–Crippen MR) is 99.0 cm³/mol. The number of hydrogen-bond donors (Lipinski definition) is 5. The van der Waals surface area contributed by atoms with Gasteiger partial charge in [-0.15, -0.1) is 6.58 Å². The van der Waals surface area contributed by atoms with Crippen molar-refractivity contribution < 1.29 is 14.6 Å². The summed E-state index contributed by atoms with van der Waals surface area (Å²) in [5.74, 6) is 0.670. The number of aromatic nitrogens is 2. The van der Waals surface area contributed by atoms with E-state index in [1.54, 1.807) is 18.2 Å². The number of carbonyl (C=O) groups is 1. The summed E-state index contributed by atoms with van der Waals surface area (Å²) < 4.78 is 5.53. The number of primary amides is 1. The van der Waals surface area contributed by atoms with Crippen LogP contribution >= 0.6 is 0 Å². The Hall–Kier alpha value is -3.33. The molecule has 1 aliphatic rings. The van der Waals surface area contributed by atoms with Crippen molar-refractivity contribution in [3.8, 4) is 5.75 Å². The second-order valence-corrected chi connectivity index (χ2v) is 5.67. The molecule has 26 heavy (non-hydrogen) atoms. The van der Waals surface area contributed by atoms with E-state index in [1.807, 2.05) is 6.07 Å². The van der Waals surface area contributed by atoms with Crippen molar-refractivity contribution >= 4 is 29.0 Å². The second-order valence-electron chi connectivity index (χ2n) is 5.67. The van der Waals surface area contributed by atoms with Crippen molar-refractivity contribution in [3.05, 3.63) is 42.6 Å². The van der Waals surface area contributed by atoms with Gasteiger partial charge in [0, 0.05) is 25.0 Å². The van der Waals surface area contributed by atoms with Gasteiger partial charge in [0.05, 0.1) is 11.3 Å². The molecule has 1 aromatic carbocycles. The summed E-state index contributed by atoms with van der Waals surface area (Å²) in [6, 6.07) is 5.42. The number of aliphatic hydroxyl groups excluding tert-OH is 1. The molecule has 0 saturated carbocycles. The number of β-amino-alcohol motifs (C(OH)–C–C–N with tert-alkyl or cyclic N) is 1. The number of nitrogens with zero attached hydrogens (tertiary/aromatic N) is 2. The van der Waals surface area contributed by atoms with Gasteiger partial charge in [-0.25, -0.2) is 4.98 Å². The molecule has 136 valence electrons. The lowest BCUT2D eigenvalue weighted by Crippen LogP contribution is -2.23. The molecule has 0 aliphatic carbocycles. The van der Waals surface area contributed by atoms with E-state index >= 15 is 0 Å². The Morgan fingerprint density at radius 1 is 1.54 bits per heavy atom. The quantitative estimate of drug-likeness (QED) is 0.485. The van der Waals surface area contributed by atoms with Crippen molar-refractivity contribution in [1.82, 2.24) is 9.97 Å². The number of amides is 1. The van der Waals surface area contributed by atoms with Gasteiger partial charge in [-0.2, -0.15) is 4.98 Å². The normalized spacial score (nSPS) is 15.7. The molecule has 0 radical (unpaired) electrons. The van der Waals surface area contributed by atoms with Crippen LogP contribution in [0.5, 0.6) is 5.75 Å². The number of aliphatic hydroxyl groups is 1. The second kappa shape index (κ2) is 7.70. The maximum absolute atomic E-state index is 11.5. The highest BCUT2D eigenvalue weighted by Crippen LogP contribution is 2.30. The fraction of sp³-hybridized carbons (Fsp3) is 0.235. The molecular weight excluding hydrogens is 336 g/mol. The molecule has 3 rings (SSSR count). The van der Waals surface area contributed by atoms with Crippen molar-refractivity contribution in [1.29, 1.82) is 0 Å². The van der Waals surface area contributed by atoms with Crippen molar-refractivity contribution in [2.24, 2.45) is 5.73 Å². The highest BCUT2D eigenvalue weighted by atomic mass is 16.5.